The molecule has 0 N–H and O–H groups in total. The summed E-state index contributed by atoms with van der Waals surface area (Å²) in [6.07, 6.45) is 0.0452. The van der Waals surface area contributed by atoms with Crippen LogP contribution in [0.5, 0.6) is 0 Å². The molecule has 1 atom stereocenters. The van der Waals surface area contributed by atoms with E-state index in [4.69, 9.17) is 4.74 Å². The maximum absolute atomic E-state index is 14.4. The van der Waals surface area contributed by atoms with Crippen molar-refractivity contribution in [3.05, 3.63) is 76.1 Å². The number of allylic oxidation sites excluding steroid dienone is 1. The Morgan fingerprint density at radius 2 is 2.00 bits per heavy atom. The molecule has 0 spiro atoms. The quantitative estimate of drug-likeness (QED) is 0.667. The Bertz CT molecular complexity index is 1090. The van der Waals surface area contributed by atoms with Crippen LogP contribution < -0.4 is 4.90 Å². The number of halogens is 1. The monoisotopic (exact) mass is 437 g/mol. The molecule has 0 bridgehead atoms. The summed E-state index contributed by atoms with van der Waals surface area (Å²) >= 11 is 1.38. The number of nitrogens with zero attached hydrogens (tertiary/aromatic N) is 3. The molecule has 0 unspecified atom stereocenters. The van der Waals surface area contributed by atoms with Crippen molar-refractivity contribution in [1.82, 2.24) is 4.90 Å². The molecule has 0 radical (unpaired) electrons. The van der Waals surface area contributed by atoms with E-state index in [0.717, 1.165) is 5.69 Å². The van der Waals surface area contributed by atoms with Crippen LogP contribution in [-0.2, 0) is 9.53 Å². The largest absolute Gasteiger partial charge is 0.462 e. The third-order valence-corrected chi connectivity index (χ3v) is 6.47. The molecular weight excluding hydrogens is 417 g/mol. The molecule has 2 aliphatic rings. The van der Waals surface area contributed by atoms with Crippen molar-refractivity contribution in [3.63, 3.8) is 0 Å². The van der Waals surface area contributed by atoms with Gasteiger partial charge in [-0.05, 0) is 42.8 Å². The normalized spacial score (nSPS) is 18.5. The number of anilines is 1. The van der Waals surface area contributed by atoms with E-state index < -0.39 is 11.7 Å². The first-order valence-electron chi connectivity index (χ1n) is 9.87. The summed E-state index contributed by atoms with van der Waals surface area (Å²) in [6, 6.07) is 15.5. The van der Waals surface area contributed by atoms with Crippen LogP contribution in [0.2, 0.25) is 0 Å². The van der Waals surface area contributed by atoms with Crippen LogP contribution in [0.3, 0.4) is 0 Å². The zero-order valence-electron chi connectivity index (χ0n) is 16.9. The van der Waals surface area contributed by atoms with Crippen LogP contribution in [0, 0.1) is 17.1 Å². The summed E-state index contributed by atoms with van der Waals surface area (Å²) in [4.78, 5) is 28.4. The van der Waals surface area contributed by atoms with E-state index in [2.05, 4.69) is 6.07 Å². The highest BCUT2D eigenvalue weighted by atomic mass is 32.2. The number of thioether (sulfide) groups is 1. The number of carbonyl (C=O) groups excluding carboxylic acids is 2. The second-order valence-corrected chi connectivity index (χ2v) is 8.09. The number of amides is 1. The first-order chi connectivity index (χ1) is 15.0. The lowest BCUT2D eigenvalue weighted by Gasteiger charge is -2.42. The number of hydrogen-bond donors (Lipinski definition) is 0. The van der Waals surface area contributed by atoms with Gasteiger partial charge in [0.15, 0.2) is 0 Å². The van der Waals surface area contributed by atoms with Crippen LogP contribution in [0.25, 0.3) is 0 Å². The number of nitriles is 1. The van der Waals surface area contributed by atoms with Gasteiger partial charge in [-0.15, -0.1) is 0 Å². The Balaban J connectivity index is 1.58. The highest BCUT2D eigenvalue weighted by molar-refractivity contribution is 8.03. The molecular formula is C23H20FN3O3S. The average molecular weight is 437 g/mol. The highest BCUT2D eigenvalue weighted by Crippen LogP contribution is 2.43. The average Bonchev–Trinajstić information content (AvgIpc) is 2.79. The second kappa shape index (κ2) is 8.82. The standard InChI is InChI=1S/C23H20FN3O3S/c1-2-30-23(29)15-7-9-16(10-8-15)26-13-27-21(28)11-18(17-5-3-4-6-20(17)24)19(12-25)22(27)31-14-26/h3-10,18H,2,11,13-14H2,1H3/t18-/m1/s1. The third kappa shape index (κ3) is 4.01. The minimum Gasteiger partial charge on any atom is -0.462 e. The Morgan fingerprint density at radius 1 is 1.26 bits per heavy atom. The van der Waals surface area contributed by atoms with Gasteiger partial charge in [-0.1, -0.05) is 30.0 Å². The number of benzene rings is 2. The Hall–Kier alpha value is -3.31. The molecule has 2 aromatic rings. The molecule has 4 rings (SSSR count). The van der Waals surface area contributed by atoms with Crippen molar-refractivity contribution in [2.75, 3.05) is 24.1 Å². The van der Waals surface area contributed by atoms with Gasteiger partial charge in [-0.3, -0.25) is 9.69 Å². The van der Waals surface area contributed by atoms with E-state index in [1.807, 2.05) is 17.0 Å². The fourth-order valence-corrected chi connectivity index (χ4v) is 4.94. The summed E-state index contributed by atoms with van der Waals surface area (Å²) < 4.78 is 19.4. The maximum atomic E-state index is 14.4. The van der Waals surface area contributed by atoms with Crippen LogP contribution in [0.15, 0.2) is 59.1 Å². The van der Waals surface area contributed by atoms with E-state index in [1.54, 1.807) is 42.2 Å². The number of hydrogen-bond acceptors (Lipinski definition) is 6. The molecule has 2 heterocycles. The number of carbonyl (C=O) groups is 2. The summed E-state index contributed by atoms with van der Waals surface area (Å²) in [7, 11) is 0. The van der Waals surface area contributed by atoms with E-state index in [-0.39, 0.29) is 25.0 Å². The smallest absolute Gasteiger partial charge is 0.338 e. The lowest BCUT2D eigenvalue weighted by Crippen LogP contribution is -2.47. The summed E-state index contributed by atoms with van der Waals surface area (Å²) in [5, 5.41) is 10.4. The fraction of sp³-hybridized carbons (Fsp3) is 0.261. The van der Waals surface area contributed by atoms with E-state index in [1.165, 1.54) is 17.8 Å². The number of fused-ring (bicyclic) bond motifs is 1. The van der Waals surface area contributed by atoms with Crippen molar-refractivity contribution in [2.45, 2.75) is 19.3 Å². The summed E-state index contributed by atoms with van der Waals surface area (Å²) in [5.41, 5.74) is 2.11. The molecule has 158 valence electrons. The van der Waals surface area contributed by atoms with E-state index in [9.17, 15) is 19.2 Å². The van der Waals surface area contributed by atoms with Gasteiger partial charge in [0.05, 0.1) is 41.4 Å². The molecule has 0 aliphatic carbocycles. The number of rotatable bonds is 4. The molecule has 0 saturated carbocycles. The summed E-state index contributed by atoms with van der Waals surface area (Å²) in [6.45, 7) is 2.35. The fourth-order valence-electron chi connectivity index (χ4n) is 3.77. The van der Waals surface area contributed by atoms with Gasteiger partial charge in [-0.25, -0.2) is 9.18 Å². The van der Waals surface area contributed by atoms with Crippen molar-refractivity contribution in [2.24, 2.45) is 0 Å². The third-order valence-electron chi connectivity index (χ3n) is 5.32. The van der Waals surface area contributed by atoms with Crippen molar-refractivity contribution >= 4 is 29.3 Å². The minimum atomic E-state index is -0.576. The van der Waals surface area contributed by atoms with Gasteiger partial charge in [0.2, 0.25) is 5.91 Å². The topological polar surface area (TPSA) is 73.6 Å². The maximum Gasteiger partial charge on any atom is 0.338 e. The van der Waals surface area contributed by atoms with Crippen molar-refractivity contribution in [1.29, 1.82) is 5.26 Å². The molecule has 31 heavy (non-hydrogen) atoms. The second-order valence-electron chi connectivity index (χ2n) is 7.15. The molecule has 6 nitrogen and oxygen atoms in total. The number of ether oxygens (including phenoxy) is 1. The first-order valence-corrected chi connectivity index (χ1v) is 10.9. The van der Waals surface area contributed by atoms with Gasteiger partial charge < -0.3 is 9.64 Å². The van der Waals surface area contributed by atoms with Crippen LogP contribution in [0.4, 0.5) is 10.1 Å². The van der Waals surface area contributed by atoms with Crippen molar-refractivity contribution < 1.29 is 18.7 Å². The first kappa shape index (κ1) is 20.9. The Kier molecular flexibility index (Phi) is 5.96. The lowest BCUT2D eigenvalue weighted by molar-refractivity contribution is -0.129. The SMILES string of the molecule is CCOC(=O)c1ccc(N2CSC3=C(C#N)[C@@H](c4ccccc4F)CC(=O)N3C2)cc1. The highest BCUT2D eigenvalue weighted by Gasteiger charge is 2.39. The van der Waals surface area contributed by atoms with E-state index in [0.29, 0.717) is 34.2 Å². The van der Waals surface area contributed by atoms with Crippen LogP contribution in [0.1, 0.15) is 35.2 Å². The van der Waals surface area contributed by atoms with Gasteiger partial charge in [-0.2, -0.15) is 5.26 Å². The molecule has 0 aromatic heterocycles. The Labute approximate surface area is 183 Å². The van der Waals surface area contributed by atoms with Gasteiger partial charge in [0.25, 0.3) is 0 Å². The predicted octanol–water partition coefficient (Wildman–Crippen LogP) is 4.22. The minimum absolute atomic E-state index is 0.0452. The Morgan fingerprint density at radius 3 is 2.68 bits per heavy atom. The summed E-state index contributed by atoms with van der Waals surface area (Å²) in [5.74, 6) is -0.995. The van der Waals surface area contributed by atoms with Gasteiger partial charge >= 0.3 is 5.97 Å². The van der Waals surface area contributed by atoms with Crippen LogP contribution in [-0.4, -0.2) is 35.9 Å². The molecule has 2 aromatic carbocycles. The molecule has 2 aliphatic heterocycles. The molecule has 1 saturated heterocycles. The van der Waals surface area contributed by atoms with Gasteiger partial charge in [0, 0.05) is 18.0 Å². The zero-order valence-corrected chi connectivity index (χ0v) is 17.7. The van der Waals surface area contributed by atoms with Gasteiger partial charge in [0.1, 0.15) is 5.82 Å². The molecule has 1 amide bonds. The molecule has 8 heteroatoms. The van der Waals surface area contributed by atoms with Crippen molar-refractivity contribution in [3.8, 4) is 6.07 Å². The van der Waals surface area contributed by atoms with E-state index >= 15 is 0 Å². The zero-order chi connectivity index (χ0) is 22.0. The predicted molar refractivity (Wildman–Crippen MR) is 115 cm³/mol. The van der Waals surface area contributed by atoms with Crippen LogP contribution >= 0.6 is 11.8 Å². The number of esters is 1. The lowest BCUT2D eigenvalue weighted by atomic mass is 9.86. The molecule has 1 fully saturated rings.